The Bertz CT molecular complexity index is 810. The van der Waals surface area contributed by atoms with E-state index in [2.05, 4.69) is 17.1 Å². The maximum absolute atomic E-state index is 13.6. The highest BCUT2D eigenvalue weighted by molar-refractivity contribution is 5.95. The number of rotatable bonds is 4. The first-order valence-corrected chi connectivity index (χ1v) is 9.27. The molecule has 6 heteroatoms. The lowest BCUT2D eigenvalue weighted by atomic mass is 10.0. The summed E-state index contributed by atoms with van der Waals surface area (Å²) in [7, 11) is 1.64. The number of guanidine groups is 1. The van der Waals surface area contributed by atoms with Crippen LogP contribution < -0.4 is 10.1 Å². The fraction of sp³-hybridized carbons (Fsp3) is 0.381. The Labute approximate surface area is 159 Å². The van der Waals surface area contributed by atoms with Crippen LogP contribution in [0.2, 0.25) is 0 Å². The van der Waals surface area contributed by atoms with Gasteiger partial charge < -0.3 is 20.1 Å². The molecular weight excluding hydrogens is 345 g/mol. The Morgan fingerprint density at radius 1 is 1.30 bits per heavy atom. The molecule has 5 nitrogen and oxygen atoms in total. The number of aromatic hydroxyl groups is 1. The summed E-state index contributed by atoms with van der Waals surface area (Å²) in [4.78, 5) is 6.94. The fourth-order valence-corrected chi connectivity index (χ4v) is 3.34. The molecule has 0 amide bonds. The maximum Gasteiger partial charge on any atom is 0.199 e. The number of hydrogen-bond donors (Lipinski definition) is 2. The standard InChI is InChI=1S/C21H26FN3O2/c1-15-7-5-6-12-25(15)21(24-18-13-17(22)10-11-19(18)26)23-14-16-8-3-4-9-20(16)27-2/h3-4,8-11,13,15,26H,5-7,12,14H2,1-2H3,(H,23,24). The number of aliphatic imine (C=N–C) groups is 1. The number of ether oxygens (including phenoxy) is 1. The Morgan fingerprint density at radius 2 is 2.11 bits per heavy atom. The van der Waals surface area contributed by atoms with Crippen LogP contribution >= 0.6 is 0 Å². The number of piperidine rings is 1. The van der Waals surface area contributed by atoms with Gasteiger partial charge in [0.05, 0.1) is 19.3 Å². The number of methoxy groups -OCH3 is 1. The van der Waals surface area contributed by atoms with E-state index in [1.54, 1.807) is 7.11 Å². The van der Waals surface area contributed by atoms with Crippen LogP contribution in [-0.4, -0.2) is 35.7 Å². The molecule has 1 unspecified atom stereocenters. The number of likely N-dealkylation sites (tertiary alicyclic amines) is 1. The Morgan fingerprint density at radius 3 is 2.89 bits per heavy atom. The Balaban J connectivity index is 1.90. The summed E-state index contributed by atoms with van der Waals surface area (Å²) in [5.41, 5.74) is 1.28. The topological polar surface area (TPSA) is 57.1 Å². The van der Waals surface area contributed by atoms with Crippen molar-refractivity contribution < 1.29 is 14.2 Å². The molecule has 1 heterocycles. The van der Waals surface area contributed by atoms with E-state index in [-0.39, 0.29) is 5.75 Å². The van der Waals surface area contributed by atoms with Crippen molar-refractivity contribution in [1.29, 1.82) is 0 Å². The van der Waals surface area contributed by atoms with Crippen molar-refractivity contribution in [3.8, 4) is 11.5 Å². The van der Waals surface area contributed by atoms with Crippen LogP contribution in [0.25, 0.3) is 0 Å². The Kier molecular flexibility index (Phi) is 6.16. The van der Waals surface area contributed by atoms with Crippen LogP contribution in [0.3, 0.4) is 0 Å². The van der Waals surface area contributed by atoms with Crippen LogP contribution in [0, 0.1) is 5.82 Å². The number of nitrogens with zero attached hydrogens (tertiary/aromatic N) is 2. The monoisotopic (exact) mass is 371 g/mol. The lowest BCUT2D eigenvalue weighted by Crippen LogP contribution is -2.45. The molecular formula is C21H26FN3O2. The number of nitrogens with one attached hydrogen (secondary N) is 1. The zero-order valence-electron chi connectivity index (χ0n) is 15.8. The molecule has 1 aliphatic rings. The van der Waals surface area contributed by atoms with Gasteiger partial charge in [-0.3, -0.25) is 0 Å². The van der Waals surface area contributed by atoms with E-state index in [0.717, 1.165) is 30.7 Å². The first-order chi connectivity index (χ1) is 13.1. The number of phenolic OH excluding ortho intramolecular Hbond substituents is 1. The minimum Gasteiger partial charge on any atom is -0.506 e. The van der Waals surface area contributed by atoms with Gasteiger partial charge in [0.25, 0.3) is 0 Å². The molecule has 2 aromatic rings. The minimum absolute atomic E-state index is 0.00828. The highest BCUT2D eigenvalue weighted by Crippen LogP contribution is 2.26. The smallest absolute Gasteiger partial charge is 0.199 e. The van der Waals surface area contributed by atoms with E-state index < -0.39 is 5.82 Å². The molecule has 0 spiro atoms. The zero-order chi connectivity index (χ0) is 19.2. The van der Waals surface area contributed by atoms with E-state index in [0.29, 0.717) is 24.2 Å². The van der Waals surface area contributed by atoms with E-state index in [1.807, 2.05) is 24.3 Å². The van der Waals surface area contributed by atoms with Gasteiger partial charge in [-0.2, -0.15) is 0 Å². The van der Waals surface area contributed by atoms with E-state index in [9.17, 15) is 9.50 Å². The summed E-state index contributed by atoms with van der Waals surface area (Å²) in [6.07, 6.45) is 3.34. The number of anilines is 1. The highest BCUT2D eigenvalue weighted by Gasteiger charge is 2.22. The van der Waals surface area contributed by atoms with Gasteiger partial charge in [0.2, 0.25) is 0 Å². The van der Waals surface area contributed by atoms with E-state index >= 15 is 0 Å². The van der Waals surface area contributed by atoms with Crippen LogP contribution in [0.1, 0.15) is 31.7 Å². The van der Waals surface area contributed by atoms with Crippen molar-refractivity contribution in [3.63, 3.8) is 0 Å². The molecule has 2 N–H and O–H groups in total. The predicted octanol–water partition coefficient (Wildman–Crippen LogP) is 4.38. The predicted molar refractivity (Wildman–Crippen MR) is 106 cm³/mol. The maximum atomic E-state index is 13.6. The quantitative estimate of drug-likeness (QED) is 0.476. The second-order valence-corrected chi connectivity index (χ2v) is 6.78. The molecule has 3 rings (SSSR count). The molecule has 0 radical (unpaired) electrons. The number of benzene rings is 2. The van der Waals surface area contributed by atoms with E-state index in [1.165, 1.54) is 24.6 Å². The molecule has 1 aliphatic heterocycles. The second kappa shape index (κ2) is 8.75. The molecule has 0 saturated carbocycles. The third kappa shape index (κ3) is 4.70. The van der Waals surface area contributed by atoms with Crippen LogP contribution in [-0.2, 0) is 6.54 Å². The van der Waals surface area contributed by atoms with Crippen LogP contribution in [0.4, 0.5) is 10.1 Å². The lowest BCUT2D eigenvalue weighted by Gasteiger charge is -2.36. The van der Waals surface area contributed by atoms with Gasteiger partial charge in [-0.25, -0.2) is 9.38 Å². The number of para-hydroxylation sites is 1. The molecule has 1 atom stereocenters. The molecule has 144 valence electrons. The SMILES string of the molecule is COc1ccccc1CN=C(Nc1cc(F)ccc1O)N1CCCCC1C. The first kappa shape index (κ1) is 19.0. The zero-order valence-corrected chi connectivity index (χ0v) is 15.8. The van der Waals surface area contributed by atoms with Gasteiger partial charge in [-0.05, 0) is 44.4 Å². The summed E-state index contributed by atoms with van der Waals surface area (Å²) >= 11 is 0. The lowest BCUT2D eigenvalue weighted by molar-refractivity contribution is 0.257. The second-order valence-electron chi connectivity index (χ2n) is 6.78. The minimum atomic E-state index is -0.411. The third-order valence-corrected chi connectivity index (χ3v) is 4.87. The van der Waals surface area contributed by atoms with Crippen molar-refractivity contribution in [2.45, 2.75) is 38.8 Å². The highest BCUT2D eigenvalue weighted by atomic mass is 19.1. The fourth-order valence-electron chi connectivity index (χ4n) is 3.34. The van der Waals surface area contributed by atoms with Crippen molar-refractivity contribution in [1.82, 2.24) is 4.90 Å². The molecule has 0 aromatic heterocycles. The number of halogens is 1. The molecule has 0 aliphatic carbocycles. The van der Waals surface area contributed by atoms with Gasteiger partial charge in [0.15, 0.2) is 5.96 Å². The Hall–Kier alpha value is -2.76. The van der Waals surface area contributed by atoms with Crippen molar-refractivity contribution in [2.24, 2.45) is 4.99 Å². The molecule has 1 saturated heterocycles. The van der Waals surface area contributed by atoms with Crippen LogP contribution in [0.15, 0.2) is 47.5 Å². The summed E-state index contributed by atoms with van der Waals surface area (Å²) in [6.45, 7) is 3.45. The van der Waals surface area contributed by atoms with Crippen molar-refractivity contribution in [2.75, 3.05) is 19.0 Å². The van der Waals surface area contributed by atoms with Crippen molar-refractivity contribution >= 4 is 11.6 Å². The van der Waals surface area contributed by atoms with Crippen LogP contribution in [0.5, 0.6) is 11.5 Å². The number of hydrogen-bond acceptors (Lipinski definition) is 3. The summed E-state index contributed by atoms with van der Waals surface area (Å²) in [5.74, 6) is 0.993. The average Bonchev–Trinajstić information content (AvgIpc) is 2.68. The summed E-state index contributed by atoms with van der Waals surface area (Å²) < 4.78 is 19.0. The molecule has 1 fully saturated rings. The van der Waals surface area contributed by atoms with Crippen molar-refractivity contribution in [3.05, 3.63) is 53.8 Å². The normalized spacial score (nSPS) is 17.7. The summed E-state index contributed by atoms with van der Waals surface area (Å²) in [5, 5.41) is 13.2. The summed E-state index contributed by atoms with van der Waals surface area (Å²) in [6, 6.07) is 11.9. The molecule has 0 bridgehead atoms. The number of phenols is 1. The first-order valence-electron chi connectivity index (χ1n) is 9.27. The van der Waals surface area contributed by atoms with E-state index in [4.69, 9.17) is 9.73 Å². The van der Waals surface area contributed by atoms with Gasteiger partial charge in [-0.15, -0.1) is 0 Å². The van der Waals surface area contributed by atoms with Gasteiger partial charge in [0.1, 0.15) is 17.3 Å². The molecule has 27 heavy (non-hydrogen) atoms. The van der Waals surface area contributed by atoms with Gasteiger partial charge >= 0.3 is 0 Å². The third-order valence-electron chi connectivity index (χ3n) is 4.87. The largest absolute Gasteiger partial charge is 0.506 e. The average molecular weight is 371 g/mol. The van der Waals surface area contributed by atoms with Gasteiger partial charge in [0, 0.05) is 24.2 Å². The molecule has 2 aromatic carbocycles. The van der Waals surface area contributed by atoms with Gasteiger partial charge in [-0.1, -0.05) is 18.2 Å².